The van der Waals surface area contributed by atoms with E-state index in [1.54, 1.807) is 0 Å². The van der Waals surface area contributed by atoms with Crippen LogP contribution in [0.5, 0.6) is 0 Å². The van der Waals surface area contributed by atoms with E-state index in [1.165, 1.54) is 9.80 Å². The van der Waals surface area contributed by atoms with Crippen molar-refractivity contribution in [1.29, 1.82) is 0 Å². The first-order chi connectivity index (χ1) is 12.1. The van der Waals surface area contributed by atoms with Crippen molar-refractivity contribution in [3.63, 3.8) is 0 Å². The van der Waals surface area contributed by atoms with Gasteiger partial charge < -0.3 is 21.3 Å². The average Bonchev–Trinajstić information content (AvgIpc) is 3.03. The topological polar surface area (TPSA) is 127 Å². The molecule has 4 N–H and O–H groups in total. The van der Waals surface area contributed by atoms with Crippen molar-refractivity contribution >= 4 is 23.6 Å². The molecule has 2 saturated heterocycles. The summed E-state index contributed by atoms with van der Waals surface area (Å²) >= 11 is 0. The van der Waals surface area contributed by atoms with Gasteiger partial charge in [-0.05, 0) is 38.5 Å². The first kappa shape index (κ1) is 19.9. The second kappa shape index (κ2) is 7.47. The number of hydrogen-bond acceptors (Lipinski definition) is 4. The third-order valence-corrected chi connectivity index (χ3v) is 5.92. The summed E-state index contributed by atoms with van der Waals surface area (Å²) in [4.78, 5) is 51.2. The molecule has 2 heterocycles. The van der Waals surface area contributed by atoms with E-state index in [4.69, 9.17) is 11.5 Å². The highest BCUT2D eigenvalue weighted by atomic mass is 16.2. The number of amides is 4. The van der Waals surface area contributed by atoms with Crippen LogP contribution in [0.25, 0.3) is 0 Å². The fourth-order valence-electron chi connectivity index (χ4n) is 3.97. The van der Waals surface area contributed by atoms with Crippen LogP contribution in [0.4, 0.5) is 0 Å². The second-order valence-corrected chi connectivity index (χ2v) is 7.57. The number of likely N-dealkylation sites (tertiary alicyclic amines) is 2. The van der Waals surface area contributed by atoms with Crippen LogP contribution >= 0.6 is 0 Å². The standard InChI is InChI=1S/C18H28N4O4/c1-9-7-13(17(19)25)21(11(9)3)15(23)5-6-16(24)22-12(4)10(2)8-14(22)18(20)26/h5-6,9-14H,7-8H2,1-4H3,(H2,19,25)(H2,20,26)/b6-5+/t9-,10-,11-,12-,13-,14-/m0/s1. The van der Waals surface area contributed by atoms with Crippen molar-refractivity contribution in [3.05, 3.63) is 12.2 Å². The van der Waals surface area contributed by atoms with Crippen molar-refractivity contribution in [3.8, 4) is 0 Å². The maximum atomic E-state index is 12.6. The van der Waals surface area contributed by atoms with Crippen molar-refractivity contribution in [2.24, 2.45) is 23.3 Å². The van der Waals surface area contributed by atoms with E-state index in [-0.39, 0.29) is 23.9 Å². The molecule has 0 aromatic heterocycles. The summed E-state index contributed by atoms with van der Waals surface area (Å²) in [5, 5.41) is 0. The molecule has 2 fully saturated rings. The lowest BCUT2D eigenvalue weighted by molar-refractivity contribution is -0.136. The summed E-state index contributed by atoms with van der Waals surface area (Å²) in [6.45, 7) is 7.62. The second-order valence-electron chi connectivity index (χ2n) is 7.57. The summed E-state index contributed by atoms with van der Waals surface area (Å²) in [6, 6.07) is -1.64. The third kappa shape index (κ3) is 3.59. The zero-order chi connectivity index (χ0) is 19.8. The number of nitrogens with two attached hydrogens (primary N) is 2. The lowest BCUT2D eigenvalue weighted by atomic mass is 10.0. The van der Waals surface area contributed by atoms with E-state index in [2.05, 4.69) is 0 Å². The number of carbonyl (C=O) groups excluding carboxylic acids is 4. The Balaban J connectivity index is 2.15. The van der Waals surface area contributed by atoms with Gasteiger partial charge in [-0.2, -0.15) is 0 Å². The van der Waals surface area contributed by atoms with E-state index in [0.29, 0.717) is 12.8 Å². The monoisotopic (exact) mass is 364 g/mol. The van der Waals surface area contributed by atoms with Crippen molar-refractivity contribution < 1.29 is 19.2 Å². The molecule has 0 aliphatic carbocycles. The molecule has 8 heteroatoms. The quantitative estimate of drug-likeness (QED) is 0.668. The van der Waals surface area contributed by atoms with Crippen LogP contribution in [0.2, 0.25) is 0 Å². The van der Waals surface area contributed by atoms with Gasteiger partial charge in [0.1, 0.15) is 12.1 Å². The fraction of sp³-hybridized carbons (Fsp3) is 0.667. The number of nitrogens with zero attached hydrogens (tertiary/aromatic N) is 2. The molecule has 0 spiro atoms. The molecule has 0 unspecified atom stereocenters. The molecule has 8 nitrogen and oxygen atoms in total. The SMILES string of the molecule is C[C@H]1C[C@@H](C(N)=O)N(C(=O)/C=C/C(=O)N2[C@H](C(N)=O)C[C@H](C)[C@@H]2C)[C@H]1C. The molecule has 26 heavy (non-hydrogen) atoms. The Morgan fingerprint density at radius 3 is 1.31 bits per heavy atom. The summed E-state index contributed by atoms with van der Waals surface area (Å²) in [5.41, 5.74) is 10.8. The minimum atomic E-state index is -0.670. The molecular formula is C18H28N4O4. The molecule has 0 bridgehead atoms. The zero-order valence-corrected chi connectivity index (χ0v) is 15.7. The lowest BCUT2D eigenvalue weighted by Crippen LogP contribution is -2.47. The van der Waals surface area contributed by atoms with Crippen LogP contribution in [-0.4, -0.2) is 57.6 Å². The van der Waals surface area contributed by atoms with Crippen LogP contribution in [0.15, 0.2) is 12.2 Å². The van der Waals surface area contributed by atoms with Crippen LogP contribution in [0.3, 0.4) is 0 Å². The maximum absolute atomic E-state index is 12.6. The van der Waals surface area contributed by atoms with Gasteiger partial charge in [0.15, 0.2) is 0 Å². The Morgan fingerprint density at radius 2 is 1.04 bits per heavy atom. The Labute approximate surface area is 153 Å². The van der Waals surface area contributed by atoms with Crippen LogP contribution in [0.1, 0.15) is 40.5 Å². The highest BCUT2D eigenvalue weighted by Crippen LogP contribution is 2.31. The van der Waals surface area contributed by atoms with Gasteiger partial charge in [0.05, 0.1) is 0 Å². The van der Waals surface area contributed by atoms with Gasteiger partial charge in [-0.1, -0.05) is 13.8 Å². The Bertz CT molecular complexity index is 593. The van der Waals surface area contributed by atoms with Gasteiger partial charge in [-0.3, -0.25) is 19.2 Å². The van der Waals surface area contributed by atoms with Gasteiger partial charge in [0.25, 0.3) is 0 Å². The lowest BCUT2D eigenvalue weighted by Gasteiger charge is -2.27. The molecule has 4 amide bonds. The molecule has 0 radical (unpaired) electrons. The Morgan fingerprint density at radius 1 is 0.731 bits per heavy atom. The van der Waals surface area contributed by atoms with E-state index >= 15 is 0 Å². The van der Waals surface area contributed by atoms with E-state index in [0.717, 1.165) is 12.2 Å². The summed E-state index contributed by atoms with van der Waals surface area (Å²) in [5.74, 6) is -1.70. The maximum Gasteiger partial charge on any atom is 0.247 e. The number of primary amides is 2. The van der Waals surface area contributed by atoms with E-state index < -0.39 is 35.7 Å². The predicted molar refractivity (Wildman–Crippen MR) is 95.3 cm³/mol. The summed E-state index contributed by atoms with van der Waals surface area (Å²) in [6.07, 6.45) is 3.32. The largest absolute Gasteiger partial charge is 0.368 e. The minimum Gasteiger partial charge on any atom is -0.368 e. The predicted octanol–water partition coefficient (Wildman–Crippen LogP) is -0.236. The number of hydrogen-bond donors (Lipinski definition) is 2. The average molecular weight is 364 g/mol. The molecular weight excluding hydrogens is 336 g/mol. The molecule has 6 atom stereocenters. The van der Waals surface area contributed by atoms with Gasteiger partial charge in [-0.15, -0.1) is 0 Å². The number of carbonyl (C=O) groups is 4. The zero-order valence-electron chi connectivity index (χ0n) is 15.7. The highest BCUT2D eigenvalue weighted by molar-refractivity contribution is 6.00. The Hall–Kier alpha value is -2.38. The van der Waals surface area contributed by atoms with Crippen molar-refractivity contribution in [1.82, 2.24) is 9.80 Å². The molecule has 2 aliphatic heterocycles. The van der Waals surface area contributed by atoms with Gasteiger partial charge in [0, 0.05) is 24.2 Å². The normalized spacial score (nSPS) is 34.5. The molecule has 0 saturated carbocycles. The van der Waals surface area contributed by atoms with E-state index in [1.807, 2.05) is 27.7 Å². The summed E-state index contributed by atoms with van der Waals surface area (Å²) < 4.78 is 0. The van der Waals surface area contributed by atoms with Gasteiger partial charge in [0.2, 0.25) is 23.6 Å². The smallest absolute Gasteiger partial charge is 0.247 e. The fourth-order valence-corrected chi connectivity index (χ4v) is 3.97. The molecule has 0 aromatic rings. The first-order valence-corrected chi connectivity index (χ1v) is 8.97. The van der Waals surface area contributed by atoms with Crippen LogP contribution in [-0.2, 0) is 19.2 Å². The molecule has 0 aromatic carbocycles. The van der Waals surface area contributed by atoms with Crippen LogP contribution < -0.4 is 11.5 Å². The van der Waals surface area contributed by atoms with Gasteiger partial charge in [-0.25, -0.2) is 0 Å². The van der Waals surface area contributed by atoms with Crippen LogP contribution in [0, 0.1) is 11.8 Å². The molecule has 144 valence electrons. The molecule has 2 aliphatic rings. The van der Waals surface area contributed by atoms with E-state index in [9.17, 15) is 19.2 Å². The highest BCUT2D eigenvalue weighted by Gasteiger charge is 2.43. The summed E-state index contributed by atoms with van der Waals surface area (Å²) in [7, 11) is 0. The minimum absolute atomic E-state index is 0.138. The number of rotatable bonds is 4. The third-order valence-electron chi connectivity index (χ3n) is 5.92. The van der Waals surface area contributed by atoms with Crippen molar-refractivity contribution in [2.75, 3.05) is 0 Å². The molecule has 2 rings (SSSR count). The Kier molecular flexibility index (Phi) is 5.73. The first-order valence-electron chi connectivity index (χ1n) is 8.97. The van der Waals surface area contributed by atoms with Gasteiger partial charge >= 0.3 is 0 Å². The van der Waals surface area contributed by atoms with Crippen molar-refractivity contribution in [2.45, 2.75) is 64.7 Å².